The first-order valence-electron chi connectivity index (χ1n) is 10.8. The summed E-state index contributed by atoms with van der Waals surface area (Å²) >= 11 is 6.02. The molecule has 9 heteroatoms. The van der Waals surface area contributed by atoms with Crippen LogP contribution in [0.25, 0.3) is 0 Å². The van der Waals surface area contributed by atoms with Crippen molar-refractivity contribution >= 4 is 35.6 Å². The maximum absolute atomic E-state index is 15.1. The molecule has 7 nitrogen and oxygen atoms in total. The molecule has 4 rings (SSSR count). The van der Waals surface area contributed by atoms with Crippen LogP contribution in [0.2, 0.25) is 5.02 Å². The van der Waals surface area contributed by atoms with Gasteiger partial charge in [-0.1, -0.05) is 30.7 Å². The van der Waals surface area contributed by atoms with E-state index in [1.807, 2.05) is 6.92 Å². The molecule has 2 unspecified atom stereocenters. The van der Waals surface area contributed by atoms with Gasteiger partial charge in [-0.15, -0.1) is 0 Å². The lowest BCUT2D eigenvalue weighted by molar-refractivity contribution is -0.142. The SMILES string of the molecule is CC1CN(C(=O)CCCOc2cccc(C=O)c2)CC2(C1)OC(=O)Nc1ccc(Cl)c(F)c12. The van der Waals surface area contributed by atoms with E-state index in [9.17, 15) is 14.4 Å². The van der Waals surface area contributed by atoms with Gasteiger partial charge in [0, 0.05) is 18.5 Å². The van der Waals surface area contributed by atoms with Gasteiger partial charge in [-0.3, -0.25) is 14.9 Å². The number of aldehydes is 1. The number of likely N-dealkylation sites (tertiary alicyclic amines) is 1. The predicted molar refractivity (Wildman–Crippen MR) is 120 cm³/mol. The number of halogens is 2. The number of hydrogen-bond acceptors (Lipinski definition) is 5. The molecule has 2 atom stereocenters. The Hall–Kier alpha value is -3.13. The molecule has 1 N–H and O–H groups in total. The number of amides is 2. The third-order valence-corrected chi connectivity index (χ3v) is 6.17. The van der Waals surface area contributed by atoms with Crippen LogP contribution in [0.5, 0.6) is 5.75 Å². The van der Waals surface area contributed by atoms with E-state index in [0.717, 1.165) is 6.29 Å². The molecular weight excluding hydrogens is 451 g/mol. The number of rotatable bonds is 6. The van der Waals surface area contributed by atoms with E-state index >= 15 is 4.39 Å². The van der Waals surface area contributed by atoms with Crippen molar-refractivity contribution in [2.24, 2.45) is 5.92 Å². The summed E-state index contributed by atoms with van der Waals surface area (Å²) in [6.07, 6.45) is 1.11. The van der Waals surface area contributed by atoms with Crippen LogP contribution in [-0.2, 0) is 15.1 Å². The van der Waals surface area contributed by atoms with Crippen molar-refractivity contribution in [3.05, 3.63) is 58.4 Å². The average Bonchev–Trinajstić information content (AvgIpc) is 2.78. The van der Waals surface area contributed by atoms with Crippen molar-refractivity contribution < 1.29 is 28.2 Å². The second-order valence-electron chi connectivity index (χ2n) is 8.52. The van der Waals surface area contributed by atoms with Crippen molar-refractivity contribution in [2.45, 2.75) is 31.8 Å². The van der Waals surface area contributed by atoms with Gasteiger partial charge in [0.1, 0.15) is 12.0 Å². The molecule has 0 aliphatic carbocycles. The predicted octanol–water partition coefficient (Wildman–Crippen LogP) is 4.78. The van der Waals surface area contributed by atoms with Crippen molar-refractivity contribution in [3.63, 3.8) is 0 Å². The molecule has 2 aromatic rings. The Labute approximate surface area is 195 Å². The number of nitrogens with one attached hydrogen (secondary N) is 1. The zero-order valence-electron chi connectivity index (χ0n) is 18.1. The van der Waals surface area contributed by atoms with Crippen molar-refractivity contribution in [1.29, 1.82) is 0 Å². The Morgan fingerprint density at radius 2 is 2.21 bits per heavy atom. The van der Waals surface area contributed by atoms with Gasteiger partial charge in [-0.25, -0.2) is 9.18 Å². The van der Waals surface area contributed by atoms with Crippen LogP contribution in [-0.4, -0.2) is 42.9 Å². The van der Waals surface area contributed by atoms with Crippen LogP contribution in [0.4, 0.5) is 14.9 Å². The van der Waals surface area contributed by atoms with Gasteiger partial charge in [0.2, 0.25) is 5.91 Å². The number of benzene rings is 2. The minimum atomic E-state index is -1.30. The van der Waals surface area contributed by atoms with Crippen molar-refractivity contribution in [3.8, 4) is 5.75 Å². The monoisotopic (exact) mass is 474 g/mol. The molecule has 33 heavy (non-hydrogen) atoms. The molecule has 2 amide bonds. The van der Waals surface area contributed by atoms with Crippen LogP contribution in [0.3, 0.4) is 0 Å². The normalized spacial score (nSPS) is 21.7. The molecule has 2 aromatic carbocycles. The van der Waals surface area contributed by atoms with Gasteiger partial charge >= 0.3 is 6.09 Å². The fourth-order valence-electron chi connectivity index (χ4n) is 4.60. The molecule has 0 bridgehead atoms. The number of piperidine rings is 1. The van der Waals surface area contributed by atoms with Crippen LogP contribution < -0.4 is 10.1 Å². The van der Waals surface area contributed by atoms with Crippen LogP contribution >= 0.6 is 11.6 Å². The van der Waals surface area contributed by atoms with Gasteiger partial charge < -0.3 is 14.4 Å². The highest BCUT2D eigenvalue weighted by Crippen LogP contribution is 2.46. The van der Waals surface area contributed by atoms with E-state index in [-0.39, 0.29) is 35.4 Å². The topological polar surface area (TPSA) is 84.9 Å². The molecule has 0 radical (unpaired) electrons. The van der Waals surface area contributed by atoms with E-state index in [1.165, 1.54) is 6.07 Å². The number of carbonyl (C=O) groups excluding carboxylic acids is 3. The summed E-state index contributed by atoms with van der Waals surface area (Å²) in [4.78, 5) is 37.7. The summed E-state index contributed by atoms with van der Waals surface area (Å²) in [6, 6.07) is 9.71. The van der Waals surface area contributed by atoms with Crippen molar-refractivity contribution in [2.75, 3.05) is 25.0 Å². The number of ether oxygens (including phenoxy) is 2. The molecular formula is C24H24ClFN2O5. The molecule has 0 saturated carbocycles. The summed E-state index contributed by atoms with van der Waals surface area (Å²) in [6.45, 7) is 2.76. The highest BCUT2D eigenvalue weighted by atomic mass is 35.5. The highest BCUT2D eigenvalue weighted by molar-refractivity contribution is 6.31. The van der Waals surface area contributed by atoms with E-state index in [0.29, 0.717) is 43.0 Å². The Kier molecular flexibility index (Phi) is 6.56. The zero-order valence-corrected chi connectivity index (χ0v) is 18.9. The first-order valence-corrected chi connectivity index (χ1v) is 11.1. The second kappa shape index (κ2) is 9.39. The first-order chi connectivity index (χ1) is 15.8. The van der Waals surface area contributed by atoms with Gasteiger partial charge in [0.25, 0.3) is 0 Å². The minimum absolute atomic E-state index is 0.0258. The Morgan fingerprint density at radius 3 is 3.00 bits per heavy atom. The van der Waals surface area contributed by atoms with Crippen LogP contribution in [0.15, 0.2) is 36.4 Å². The van der Waals surface area contributed by atoms with E-state index in [2.05, 4.69) is 5.32 Å². The molecule has 2 aliphatic rings. The summed E-state index contributed by atoms with van der Waals surface area (Å²) < 4.78 is 26.3. The summed E-state index contributed by atoms with van der Waals surface area (Å²) in [5, 5.41) is 2.45. The first kappa shape index (κ1) is 23.0. The largest absolute Gasteiger partial charge is 0.494 e. The third-order valence-electron chi connectivity index (χ3n) is 5.88. The van der Waals surface area contributed by atoms with E-state index in [1.54, 1.807) is 35.2 Å². The van der Waals surface area contributed by atoms with E-state index < -0.39 is 17.5 Å². The quantitative estimate of drug-likeness (QED) is 0.481. The standard InChI is InChI=1S/C24H24ClFN2O5/c1-15-11-24(21-19(27-23(31)33-24)8-7-18(25)22(21)26)14-28(12-15)20(30)6-3-9-32-17-5-2-4-16(10-17)13-29/h2,4-5,7-8,10,13,15H,3,6,9,11-12,14H2,1H3,(H,27,31). The molecule has 1 spiro atoms. The summed E-state index contributed by atoms with van der Waals surface area (Å²) in [5.41, 5.74) is -0.301. The summed E-state index contributed by atoms with van der Waals surface area (Å²) in [5.74, 6) is -0.253. The maximum Gasteiger partial charge on any atom is 0.412 e. The zero-order chi connectivity index (χ0) is 23.6. The number of hydrogen-bond donors (Lipinski definition) is 1. The molecule has 174 valence electrons. The summed E-state index contributed by atoms with van der Waals surface area (Å²) in [7, 11) is 0. The van der Waals surface area contributed by atoms with Gasteiger partial charge in [0.05, 0.1) is 29.4 Å². The lowest BCUT2D eigenvalue weighted by Crippen LogP contribution is -2.55. The minimum Gasteiger partial charge on any atom is -0.494 e. The molecule has 0 aromatic heterocycles. The second-order valence-corrected chi connectivity index (χ2v) is 8.93. The van der Waals surface area contributed by atoms with Gasteiger partial charge in [-0.05, 0) is 43.0 Å². The number of nitrogens with zero attached hydrogens (tertiary/aromatic N) is 1. The Morgan fingerprint density at radius 1 is 1.39 bits per heavy atom. The average molecular weight is 475 g/mol. The Bertz CT molecular complexity index is 1090. The van der Waals surface area contributed by atoms with E-state index in [4.69, 9.17) is 21.1 Å². The smallest absolute Gasteiger partial charge is 0.412 e. The van der Waals surface area contributed by atoms with Crippen LogP contribution in [0.1, 0.15) is 42.1 Å². The fourth-order valence-corrected chi connectivity index (χ4v) is 4.76. The van der Waals surface area contributed by atoms with Gasteiger partial charge in [0.15, 0.2) is 11.4 Å². The number of carbonyl (C=O) groups is 3. The molecule has 1 saturated heterocycles. The molecule has 2 aliphatic heterocycles. The lowest BCUT2D eigenvalue weighted by Gasteiger charge is -2.47. The van der Waals surface area contributed by atoms with Gasteiger partial charge in [-0.2, -0.15) is 0 Å². The molecule has 1 fully saturated rings. The van der Waals surface area contributed by atoms with Crippen LogP contribution in [0, 0.1) is 11.7 Å². The lowest BCUT2D eigenvalue weighted by atomic mass is 9.79. The fraction of sp³-hybridized carbons (Fsp3) is 0.375. The number of anilines is 1. The third kappa shape index (κ3) is 4.80. The highest BCUT2D eigenvalue weighted by Gasteiger charge is 2.50. The van der Waals surface area contributed by atoms with Crippen molar-refractivity contribution in [1.82, 2.24) is 4.90 Å². The maximum atomic E-state index is 15.1. The molecule has 2 heterocycles. The number of fused-ring (bicyclic) bond motifs is 2. The Balaban J connectivity index is 1.45.